The van der Waals surface area contributed by atoms with Gasteiger partial charge >= 0.3 is 5.97 Å². The van der Waals surface area contributed by atoms with Crippen molar-refractivity contribution in [3.05, 3.63) is 58.0 Å². The van der Waals surface area contributed by atoms with Crippen LogP contribution in [0, 0.1) is 13.8 Å². The number of hydrogen-bond acceptors (Lipinski definition) is 8. The summed E-state index contributed by atoms with van der Waals surface area (Å²) in [7, 11) is 1.44. The summed E-state index contributed by atoms with van der Waals surface area (Å²) in [5.74, 6) is -0.865. The molecule has 1 fully saturated rings. The topological polar surface area (TPSA) is 111 Å². The molecule has 1 N–H and O–H groups in total. The lowest BCUT2D eigenvalue weighted by molar-refractivity contribution is -0.145. The highest BCUT2D eigenvalue weighted by atomic mass is 32.2. The highest BCUT2D eigenvalue weighted by Crippen LogP contribution is 2.34. The molecule has 184 valence electrons. The van der Waals surface area contributed by atoms with Crippen LogP contribution in [-0.4, -0.2) is 54.8 Å². The molecule has 1 heterocycles. The van der Waals surface area contributed by atoms with E-state index in [1.165, 1.54) is 13.2 Å². The molecule has 3 rings (SSSR count). The predicted molar refractivity (Wildman–Crippen MR) is 132 cm³/mol. The number of nitrogens with one attached hydrogen (secondary N) is 1. The molecule has 0 spiro atoms. The summed E-state index contributed by atoms with van der Waals surface area (Å²) in [5.41, 5.74) is 3.28. The van der Waals surface area contributed by atoms with E-state index in [9.17, 15) is 19.2 Å². The predicted octanol–water partition coefficient (Wildman–Crippen LogP) is 3.93. The second kappa shape index (κ2) is 11.6. The van der Waals surface area contributed by atoms with Crippen LogP contribution in [0.25, 0.3) is 6.08 Å². The molecule has 0 unspecified atom stereocenters. The Hall–Kier alpha value is -3.79. The summed E-state index contributed by atoms with van der Waals surface area (Å²) in [6, 6.07) is 10.3. The number of carbonyl (C=O) groups is 4. The van der Waals surface area contributed by atoms with Gasteiger partial charge < -0.3 is 19.5 Å². The van der Waals surface area contributed by atoms with E-state index < -0.39 is 23.0 Å². The van der Waals surface area contributed by atoms with Gasteiger partial charge in [0.2, 0.25) is 5.91 Å². The summed E-state index contributed by atoms with van der Waals surface area (Å²) in [5, 5.41) is 2.18. The Morgan fingerprint density at radius 2 is 1.83 bits per heavy atom. The average molecular weight is 499 g/mol. The number of methoxy groups -OCH3 is 1. The van der Waals surface area contributed by atoms with Gasteiger partial charge in [-0.25, -0.2) is 4.79 Å². The van der Waals surface area contributed by atoms with Gasteiger partial charge in [0, 0.05) is 5.69 Å². The molecule has 0 aliphatic carbocycles. The van der Waals surface area contributed by atoms with Gasteiger partial charge in [-0.15, -0.1) is 0 Å². The number of carbonyl (C=O) groups excluding carboxylic acids is 4. The Bertz CT molecular complexity index is 1190. The minimum absolute atomic E-state index is 0.177. The molecule has 10 heteroatoms. The second-order valence-electron chi connectivity index (χ2n) is 7.62. The second-order valence-corrected chi connectivity index (χ2v) is 8.61. The smallest absolute Gasteiger partial charge is 0.344 e. The summed E-state index contributed by atoms with van der Waals surface area (Å²) in [4.78, 5) is 50.2. The molecule has 2 aromatic carbocycles. The molecular formula is C25H26N2O7S. The van der Waals surface area contributed by atoms with Crippen LogP contribution in [0.3, 0.4) is 0 Å². The van der Waals surface area contributed by atoms with Crippen LogP contribution in [0.1, 0.15) is 23.6 Å². The quantitative estimate of drug-likeness (QED) is 0.409. The van der Waals surface area contributed by atoms with Crippen molar-refractivity contribution in [1.82, 2.24) is 4.90 Å². The lowest BCUT2D eigenvalue weighted by Crippen LogP contribution is -2.36. The van der Waals surface area contributed by atoms with Gasteiger partial charge in [-0.05, 0) is 79.6 Å². The first kappa shape index (κ1) is 25.8. The van der Waals surface area contributed by atoms with Crippen LogP contribution in [0.15, 0.2) is 41.3 Å². The Kier molecular flexibility index (Phi) is 8.53. The zero-order valence-electron chi connectivity index (χ0n) is 19.9. The van der Waals surface area contributed by atoms with E-state index in [0.717, 1.165) is 27.8 Å². The van der Waals surface area contributed by atoms with Crippen molar-refractivity contribution in [2.24, 2.45) is 0 Å². The number of hydrogen-bond donors (Lipinski definition) is 1. The molecule has 1 saturated heterocycles. The fraction of sp³-hybridized carbons (Fsp3) is 0.280. The number of imide groups is 1. The molecule has 3 amide bonds. The van der Waals surface area contributed by atoms with E-state index in [4.69, 9.17) is 14.2 Å². The average Bonchev–Trinajstić information content (AvgIpc) is 3.07. The third-order valence-corrected chi connectivity index (χ3v) is 6.01. The lowest BCUT2D eigenvalue weighted by atomic mass is 10.1. The Morgan fingerprint density at radius 1 is 1.06 bits per heavy atom. The first-order valence-corrected chi connectivity index (χ1v) is 11.6. The summed E-state index contributed by atoms with van der Waals surface area (Å²) < 4.78 is 15.6. The number of esters is 1. The number of thioether (sulfide) groups is 1. The number of ether oxygens (including phenoxy) is 3. The molecule has 0 aromatic heterocycles. The molecule has 9 nitrogen and oxygen atoms in total. The fourth-order valence-corrected chi connectivity index (χ4v) is 4.02. The largest absolute Gasteiger partial charge is 0.493 e. The molecule has 0 saturated carbocycles. The first-order valence-electron chi connectivity index (χ1n) is 10.8. The van der Waals surface area contributed by atoms with Gasteiger partial charge in [-0.1, -0.05) is 12.1 Å². The van der Waals surface area contributed by atoms with Gasteiger partial charge in [0.25, 0.3) is 11.1 Å². The summed E-state index contributed by atoms with van der Waals surface area (Å²) >= 11 is 0.752. The van der Waals surface area contributed by atoms with Crippen molar-refractivity contribution in [2.75, 3.05) is 32.2 Å². The van der Waals surface area contributed by atoms with Gasteiger partial charge in [0.1, 0.15) is 6.54 Å². The van der Waals surface area contributed by atoms with Crippen LogP contribution in [0.2, 0.25) is 0 Å². The van der Waals surface area contributed by atoms with Crippen LogP contribution < -0.4 is 14.8 Å². The van der Waals surface area contributed by atoms with E-state index in [2.05, 4.69) is 5.32 Å². The fourth-order valence-electron chi connectivity index (χ4n) is 3.18. The molecule has 1 aliphatic rings. The summed E-state index contributed by atoms with van der Waals surface area (Å²) in [6.07, 6.45) is 1.53. The molecule has 0 radical (unpaired) electrons. The van der Waals surface area contributed by atoms with Crippen molar-refractivity contribution in [3.63, 3.8) is 0 Å². The zero-order chi connectivity index (χ0) is 25.5. The van der Waals surface area contributed by atoms with Crippen molar-refractivity contribution >= 4 is 46.5 Å². The first-order chi connectivity index (χ1) is 16.7. The maximum atomic E-state index is 12.8. The molecule has 0 bridgehead atoms. The van der Waals surface area contributed by atoms with Crippen molar-refractivity contribution in [3.8, 4) is 11.5 Å². The number of amides is 3. The van der Waals surface area contributed by atoms with Crippen molar-refractivity contribution < 1.29 is 33.4 Å². The third kappa shape index (κ3) is 6.63. The van der Waals surface area contributed by atoms with E-state index in [0.29, 0.717) is 22.7 Å². The number of benzene rings is 2. The van der Waals surface area contributed by atoms with E-state index in [1.54, 1.807) is 31.2 Å². The number of rotatable bonds is 9. The Morgan fingerprint density at radius 3 is 2.51 bits per heavy atom. The molecule has 35 heavy (non-hydrogen) atoms. The van der Waals surface area contributed by atoms with Crippen LogP contribution in [0.4, 0.5) is 10.5 Å². The van der Waals surface area contributed by atoms with Gasteiger partial charge in [0.05, 0.1) is 18.6 Å². The van der Waals surface area contributed by atoms with Crippen LogP contribution >= 0.6 is 11.8 Å². The van der Waals surface area contributed by atoms with Gasteiger partial charge in [-0.2, -0.15) is 0 Å². The van der Waals surface area contributed by atoms with Gasteiger partial charge in [-0.3, -0.25) is 19.3 Å². The number of aryl methyl sites for hydroxylation is 2. The minimum atomic E-state index is -0.558. The standard InChI is InChI=1S/C25H26N2O7S/c1-5-33-23(29)14-34-19-9-7-17(11-20(19)32-4)12-21-24(30)27(25(31)35-21)13-22(28)26-18-8-6-15(2)16(3)10-18/h6-12H,5,13-14H2,1-4H3,(H,26,28). The molecule has 2 aromatic rings. The highest BCUT2D eigenvalue weighted by molar-refractivity contribution is 8.18. The maximum absolute atomic E-state index is 12.8. The Labute approximate surface area is 207 Å². The number of anilines is 1. The normalized spacial score (nSPS) is 14.3. The zero-order valence-corrected chi connectivity index (χ0v) is 20.7. The number of nitrogens with zero attached hydrogens (tertiary/aromatic N) is 1. The Balaban J connectivity index is 1.67. The van der Waals surface area contributed by atoms with Crippen LogP contribution in [0.5, 0.6) is 11.5 Å². The molecule has 1 aliphatic heterocycles. The summed E-state index contributed by atoms with van der Waals surface area (Å²) in [6.45, 7) is 5.19. The van der Waals surface area contributed by atoms with E-state index in [1.807, 2.05) is 26.0 Å². The highest BCUT2D eigenvalue weighted by Gasteiger charge is 2.36. The minimum Gasteiger partial charge on any atom is -0.493 e. The molecular weight excluding hydrogens is 472 g/mol. The lowest BCUT2D eigenvalue weighted by Gasteiger charge is -2.13. The van der Waals surface area contributed by atoms with Crippen LogP contribution in [-0.2, 0) is 19.1 Å². The third-order valence-electron chi connectivity index (χ3n) is 5.10. The SMILES string of the molecule is CCOC(=O)COc1ccc(C=C2SC(=O)N(CC(=O)Nc3ccc(C)c(C)c3)C2=O)cc1OC. The van der Waals surface area contributed by atoms with Crippen molar-refractivity contribution in [1.29, 1.82) is 0 Å². The maximum Gasteiger partial charge on any atom is 0.344 e. The van der Waals surface area contributed by atoms with E-state index in [-0.39, 0.29) is 24.7 Å². The monoisotopic (exact) mass is 498 g/mol. The van der Waals surface area contributed by atoms with Crippen molar-refractivity contribution in [2.45, 2.75) is 20.8 Å². The van der Waals surface area contributed by atoms with E-state index >= 15 is 0 Å². The van der Waals surface area contributed by atoms with Gasteiger partial charge in [0.15, 0.2) is 18.1 Å². The molecule has 0 atom stereocenters.